The van der Waals surface area contributed by atoms with Crippen molar-refractivity contribution in [3.8, 4) is 0 Å². The van der Waals surface area contributed by atoms with Gasteiger partial charge < -0.3 is 11.1 Å². The molecule has 18 heavy (non-hydrogen) atoms. The third-order valence-electron chi connectivity index (χ3n) is 2.79. The number of rotatable bonds is 4. The molecule has 2 aromatic rings. The molecule has 1 atom stereocenters. The minimum absolute atomic E-state index is 0.0680. The molecule has 0 aliphatic rings. The van der Waals surface area contributed by atoms with Crippen LogP contribution in [0.25, 0.3) is 0 Å². The molecule has 2 rings (SSSR count). The average molecular weight is 268 g/mol. The molecule has 1 heterocycles. The number of nitrogen functional groups attached to an aromatic ring is 1. The fraction of sp³-hybridized carbons (Fsp3) is 0.231. The van der Waals surface area contributed by atoms with Crippen LogP contribution in [-0.4, -0.2) is 0 Å². The lowest BCUT2D eigenvalue weighted by Gasteiger charge is -2.14. The molecule has 0 aliphatic heterocycles. The number of benzene rings is 1. The van der Waals surface area contributed by atoms with Gasteiger partial charge in [-0.3, -0.25) is 0 Å². The Morgan fingerprint density at radius 3 is 2.67 bits per heavy atom. The summed E-state index contributed by atoms with van der Waals surface area (Å²) < 4.78 is 25.9. The standard InChI is InChI=1S/C13H14F2N2S/c1-8(9-2-3-10(14)11(15)6-9)17-7-13-12(16)4-5-18-13/h2-6,8,17H,7,16H2,1H3. The number of nitrogens with one attached hydrogen (secondary N) is 1. The van der Waals surface area contributed by atoms with Crippen LogP contribution in [0.5, 0.6) is 0 Å². The molecule has 5 heteroatoms. The molecule has 1 aromatic heterocycles. The number of thiophene rings is 1. The third kappa shape index (κ3) is 2.86. The van der Waals surface area contributed by atoms with E-state index in [4.69, 9.17) is 5.73 Å². The van der Waals surface area contributed by atoms with Crippen molar-refractivity contribution in [2.24, 2.45) is 0 Å². The fourth-order valence-corrected chi connectivity index (χ4v) is 2.39. The predicted molar refractivity (Wildman–Crippen MR) is 70.3 cm³/mol. The van der Waals surface area contributed by atoms with E-state index in [0.717, 1.165) is 16.6 Å². The number of hydrogen-bond donors (Lipinski definition) is 2. The van der Waals surface area contributed by atoms with Crippen LogP contribution >= 0.6 is 11.3 Å². The lowest BCUT2D eigenvalue weighted by atomic mass is 10.1. The molecule has 0 amide bonds. The second kappa shape index (κ2) is 5.46. The van der Waals surface area contributed by atoms with E-state index in [1.807, 2.05) is 18.4 Å². The number of hydrogen-bond acceptors (Lipinski definition) is 3. The zero-order valence-corrected chi connectivity index (χ0v) is 10.7. The molecule has 0 bridgehead atoms. The maximum Gasteiger partial charge on any atom is 0.159 e. The van der Waals surface area contributed by atoms with E-state index in [1.165, 1.54) is 6.07 Å². The van der Waals surface area contributed by atoms with E-state index in [1.54, 1.807) is 17.4 Å². The van der Waals surface area contributed by atoms with Gasteiger partial charge in [-0.05, 0) is 36.1 Å². The first-order valence-corrected chi connectivity index (χ1v) is 6.46. The van der Waals surface area contributed by atoms with Gasteiger partial charge in [0.25, 0.3) is 0 Å². The van der Waals surface area contributed by atoms with Gasteiger partial charge in [0.2, 0.25) is 0 Å². The van der Waals surface area contributed by atoms with Crippen LogP contribution in [0.2, 0.25) is 0 Å². The zero-order valence-electron chi connectivity index (χ0n) is 9.91. The van der Waals surface area contributed by atoms with Gasteiger partial charge >= 0.3 is 0 Å². The largest absolute Gasteiger partial charge is 0.398 e. The second-order valence-electron chi connectivity index (χ2n) is 4.08. The van der Waals surface area contributed by atoms with E-state index in [-0.39, 0.29) is 6.04 Å². The van der Waals surface area contributed by atoms with Crippen molar-refractivity contribution in [2.45, 2.75) is 19.5 Å². The van der Waals surface area contributed by atoms with E-state index < -0.39 is 11.6 Å². The second-order valence-corrected chi connectivity index (χ2v) is 5.08. The van der Waals surface area contributed by atoms with E-state index in [9.17, 15) is 8.78 Å². The Morgan fingerprint density at radius 2 is 2.06 bits per heavy atom. The van der Waals surface area contributed by atoms with Crippen LogP contribution in [-0.2, 0) is 6.54 Å². The van der Waals surface area contributed by atoms with Crippen molar-refractivity contribution in [2.75, 3.05) is 5.73 Å². The van der Waals surface area contributed by atoms with Crippen LogP contribution in [0.3, 0.4) is 0 Å². The van der Waals surface area contributed by atoms with Crippen molar-refractivity contribution in [1.29, 1.82) is 0 Å². The highest BCUT2D eigenvalue weighted by Crippen LogP contribution is 2.21. The Kier molecular flexibility index (Phi) is 3.93. The summed E-state index contributed by atoms with van der Waals surface area (Å²) in [5.74, 6) is -1.65. The predicted octanol–water partition coefficient (Wildman–Crippen LogP) is 3.46. The number of nitrogens with two attached hydrogens (primary N) is 1. The maximum absolute atomic E-state index is 13.1. The van der Waals surface area contributed by atoms with Crippen LogP contribution in [0.15, 0.2) is 29.6 Å². The van der Waals surface area contributed by atoms with Gasteiger partial charge in [0.1, 0.15) is 0 Å². The molecule has 0 saturated heterocycles. The Morgan fingerprint density at radius 1 is 1.28 bits per heavy atom. The molecule has 0 saturated carbocycles. The molecule has 3 N–H and O–H groups in total. The van der Waals surface area contributed by atoms with Crippen molar-refractivity contribution >= 4 is 17.0 Å². The normalized spacial score (nSPS) is 12.6. The highest BCUT2D eigenvalue weighted by Gasteiger charge is 2.09. The Labute approximate surface area is 108 Å². The summed E-state index contributed by atoms with van der Waals surface area (Å²) in [6.07, 6.45) is 0. The van der Waals surface area contributed by atoms with E-state index in [0.29, 0.717) is 12.1 Å². The van der Waals surface area contributed by atoms with Gasteiger partial charge in [-0.15, -0.1) is 11.3 Å². The molecule has 1 unspecified atom stereocenters. The summed E-state index contributed by atoms with van der Waals surface area (Å²) >= 11 is 1.57. The van der Waals surface area contributed by atoms with Gasteiger partial charge in [-0.1, -0.05) is 6.07 Å². The summed E-state index contributed by atoms with van der Waals surface area (Å²) in [6.45, 7) is 2.51. The van der Waals surface area contributed by atoms with Crippen molar-refractivity contribution in [1.82, 2.24) is 5.32 Å². The maximum atomic E-state index is 13.1. The zero-order chi connectivity index (χ0) is 13.1. The van der Waals surface area contributed by atoms with Gasteiger partial charge in [-0.25, -0.2) is 8.78 Å². The van der Waals surface area contributed by atoms with E-state index in [2.05, 4.69) is 5.32 Å². The molecular weight excluding hydrogens is 254 g/mol. The molecule has 0 radical (unpaired) electrons. The van der Waals surface area contributed by atoms with Gasteiger partial charge in [0.15, 0.2) is 11.6 Å². The Bertz CT molecular complexity index is 540. The molecule has 96 valence electrons. The van der Waals surface area contributed by atoms with Crippen molar-refractivity contribution in [3.05, 3.63) is 51.7 Å². The third-order valence-corrected chi connectivity index (χ3v) is 3.73. The average Bonchev–Trinajstić information content (AvgIpc) is 2.75. The lowest BCUT2D eigenvalue weighted by molar-refractivity contribution is 0.501. The number of halogens is 2. The lowest BCUT2D eigenvalue weighted by Crippen LogP contribution is -2.18. The quantitative estimate of drug-likeness (QED) is 0.891. The van der Waals surface area contributed by atoms with Crippen LogP contribution in [0.4, 0.5) is 14.5 Å². The molecule has 2 nitrogen and oxygen atoms in total. The van der Waals surface area contributed by atoms with Crippen molar-refractivity contribution in [3.63, 3.8) is 0 Å². The molecule has 1 aromatic carbocycles. The summed E-state index contributed by atoms with van der Waals surface area (Å²) in [7, 11) is 0. The van der Waals surface area contributed by atoms with Gasteiger partial charge in [0, 0.05) is 23.2 Å². The van der Waals surface area contributed by atoms with E-state index >= 15 is 0 Å². The number of anilines is 1. The minimum Gasteiger partial charge on any atom is -0.398 e. The summed E-state index contributed by atoms with van der Waals surface area (Å²) in [6, 6.07) is 5.71. The van der Waals surface area contributed by atoms with Crippen LogP contribution in [0.1, 0.15) is 23.4 Å². The Hall–Kier alpha value is -1.46. The van der Waals surface area contributed by atoms with Gasteiger partial charge in [0.05, 0.1) is 0 Å². The molecule has 0 aliphatic carbocycles. The summed E-state index contributed by atoms with van der Waals surface area (Å²) in [5, 5.41) is 5.16. The first kappa shape index (κ1) is 13.0. The smallest absolute Gasteiger partial charge is 0.159 e. The minimum atomic E-state index is -0.826. The van der Waals surface area contributed by atoms with Crippen LogP contribution in [0, 0.1) is 11.6 Å². The molecular formula is C13H14F2N2S. The summed E-state index contributed by atoms with van der Waals surface area (Å²) in [5.41, 5.74) is 7.24. The summed E-state index contributed by atoms with van der Waals surface area (Å²) in [4.78, 5) is 1.05. The highest BCUT2D eigenvalue weighted by atomic mass is 32.1. The molecule has 0 spiro atoms. The monoisotopic (exact) mass is 268 g/mol. The Balaban J connectivity index is 2.01. The first-order chi connectivity index (χ1) is 8.58. The van der Waals surface area contributed by atoms with Gasteiger partial charge in [-0.2, -0.15) is 0 Å². The molecule has 0 fully saturated rings. The fourth-order valence-electron chi connectivity index (χ4n) is 1.64. The van der Waals surface area contributed by atoms with Crippen molar-refractivity contribution < 1.29 is 8.78 Å². The SMILES string of the molecule is CC(NCc1sccc1N)c1ccc(F)c(F)c1. The highest BCUT2D eigenvalue weighted by molar-refractivity contribution is 7.10. The first-order valence-electron chi connectivity index (χ1n) is 5.58. The topological polar surface area (TPSA) is 38.0 Å². The van der Waals surface area contributed by atoms with Crippen LogP contribution < -0.4 is 11.1 Å².